The van der Waals surface area contributed by atoms with Crippen molar-refractivity contribution in [3.8, 4) is 6.07 Å². The number of amides is 1. The molecule has 0 saturated heterocycles. The number of carbonyl (C=O) groups is 1. The maximum absolute atomic E-state index is 11.9. The fraction of sp³-hybridized carbons (Fsp3) is 0.333. The number of hydrogen-bond acceptors (Lipinski definition) is 4. The van der Waals surface area contributed by atoms with Crippen LogP contribution in [-0.4, -0.2) is 31.8 Å². The van der Waals surface area contributed by atoms with Gasteiger partial charge in [-0.3, -0.25) is 4.79 Å². The van der Waals surface area contributed by atoms with Crippen molar-refractivity contribution in [1.82, 2.24) is 5.32 Å². The summed E-state index contributed by atoms with van der Waals surface area (Å²) >= 11 is 1.59. The van der Waals surface area contributed by atoms with E-state index >= 15 is 0 Å². The SMILES string of the molecule is CN(CCCCNC(=O)CSCc1ccc(C#N)cc1)c1ccccc1. The van der Waals surface area contributed by atoms with E-state index in [-0.39, 0.29) is 5.91 Å². The first kappa shape index (κ1) is 19.9. The summed E-state index contributed by atoms with van der Waals surface area (Å²) in [6.45, 7) is 1.70. The molecular weight excluding hydrogens is 342 g/mol. The summed E-state index contributed by atoms with van der Waals surface area (Å²) < 4.78 is 0. The average molecular weight is 368 g/mol. The Bertz CT molecular complexity index is 710. The number of nitrogens with zero attached hydrogens (tertiary/aromatic N) is 2. The van der Waals surface area contributed by atoms with Gasteiger partial charge in [-0.25, -0.2) is 0 Å². The molecule has 0 aliphatic rings. The summed E-state index contributed by atoms with van der Waals surface area (Å²) in [4.78, 5) is 14.1. The molecule has 0 fully saturated rings. The third-order valence-electron chi connectivity index (χ3n) is 4.02. The van der Waals surface area contributed by atoms with Crippen LogP contribution < -0.4 is 10.2 Å². The van der Waals surface area contributed by atoms with Gasteiger partial charge in [0, 0.05) is 31.6 Å². The van der Waals surface area contributed by atoms with E-state index < -0.39 is 0 Å². The number of unbranched alkanes of at least 4 members (excludes halogenated alkanes) is 1. The number of nitrogens with one attached hydrogen (secondary N) is 1. The minimum Gasteiger partial charge on any atom is -0.375 e. The van der Waals surface area contributed by atoms with Crippen molar-refractivity contribution in [1.29, 1.82) is 5.26 Å². The van der Waals surface area contributed by atoms with Gasteiger partial charge in [0.1, 0.15) is 0 Å². The number of thioether (sulfide) groups is 1. The fourth-order valence-corrected chi connectivity index (χ4v) is 3.32. The van der Waals surface area contributed by atoms with Gasteiger partial charge in [-0.15, -0.1) is 11.8 Å². The van der Waals surface area contributed by atoms with E-state index in [4.69, 9.17) is 5.26 Å². The average Bonchev–Trinajstić information content (AvgIpc) is 2.68. The summed E-state index contributed by atoms with van der Waals surface area (Å²) in [5.74, 6) is 1.32. The van der Waals surface area contributed by atoms with Crippen LogP contribution in [0.2, 0.25) is 0 Å². The van der Waals surface area contributed by atoms with Crippen molar-refractivity contribution in [3.63, 3.8) is 0 Å². The van der Waals surface area contributed by atoms with Crippen LogP contribution in [0.5, 0.6) is 0 Å². The monoisotopic (exact) mass is 367 g/mol. The van der Waals surface area contributed by atoms with Crippen LogP contribution in [0.4, 0.5) is 5.69 Å². The van der Waals surface area contributed by atoms with E-state index in [0.717, 1.165) is 37.2 Å². The predicted molar refractivity (Wildman–Crippen MR) is 109 cm³/mol. The molecule has 2 aromatic rings. The first-order valence-electron chi connectivity index (χ1n) is 8.78. The van der Waals surface area contributed by atoms with E-state index in [0.29, 0.717) is 11.3 Å². The smallest absolute Gasteiger partial charge is 0.230 e. The minimum absolute atomic E-state index is 0.0834. The Morgan fingerprint density at radius 1 is 1.12 bits per heavy atom. The molecule has 1 amide bonds. The molecule has 0 spiro atoms. The molecule has 0 aromatic heterocycles. The third kappa shape index (κ3) is 7.20. The van der Waals surface area contributed by atoms with Crippen molar-refractivity contribution >= 4 is 23.4 Å². The normalized spacial score (nSPS) is 10.2. The summed E-state index contributed by atoms with van der Waals surface area (Å²) in [5.41, 5.74) is 3.01. The first-order valence-corrected chi connectivity index (χ1v) is 9.94. The van der Waals surface area contributed by atoms with Crippen LogP contribution in [0.3, 0.4) is 0 Å². The summed E-state index contributed by atoms with van der Waals surface area (Å²) in [6, 6.07) is 19.9. The number of rotatable bonds is 10. The molecule has 5 heteroatoms. The molecular formula is C21H25N3OS. The predicted octanol–water partition coefficient (Wildman–Crippen LogP) is 3.82. The number of hydrogen-bond donors (Lipinski definition) is 1. The molecule has 2 rings (SSSR count). The molecule has 26 heavy (non-hydrogen) atoms. The second kappa shape index (κ2) is 11.2. The largest absolute Gasteiger partial charge is 0.375 e. The zero-order valence-corrected chi connectivity index (χ0v) is 16.0. The molecule has 136 valence electrons. The van der Waals surface area contributed by atoms with Gasteiger partial charge in [0.05, 0.1) is 17.4 Å². The first-order chi connectivity index (χ1) is 12.7. The zero-order valence-electron chi connectivity index (χ0n) is 15.1. The number of benzene rings is 2. The molecule has 0 saturated carbocycles. The number of carbonyl (C=O) groups excluding carboxylic acids is 1. The van der Waals surface area contributed by atoms with Gasteiger partial charge in [0.15, 0.2) is 0 Å². The van der Waals surface area contributed by atoms with E-state index in [2.05, 4.69) is 35.5 Å². The Kier molecular flexibility index (Phi) is 8.57. The Hall–Kier alpha value is -2.45. The van der Waals surface area contributed by atoms with Gasteiger partial charge in [0.2, 0.25) is 5.91 Å². The molecule has 1 N–H and O–H groups in total. The van der Waals surface area contributed by atoms with Crippen molar-refractivity contribution in [3.05, 3.63) is 65.7 Å². The highest BCUT2D eigenvalue weighted by molar-refractivity contribution is 7.99. The molecule has 0 heterocycles. The van der Waals surface area contributed by atoms with Gasteiger partial charge >= 0.3 is 0 Å². The topological polar surface area (TPSA) is 56.1 Å². The maximum Gasteiger partial charge on any atom is 0.230 e. The lowest BCUT2D eigenvalue weighted by molar-refractivity contribution is -0.118. The van der Waals surface area contributed by atoms with Crippen molar-refractivity contribution in [2.45, 2.75) is 18.6 Å². The number of nitriles is 1. The van der Waals surface area contributed by atoms with Crippen molar-refractivity contribution in [2.75, 3.05) is 30.8 Å². The number of anilines is 1. The van der Waals surface area contributed by atoms with Crippen LogP contribution in [0.25, 0.3) is 0 Å². The molecule has 0 aliphatic carbocycles. The lowest BCUT2D eigenvalue weighted by Gasteiger charge is -2.19. The van der Waals surface area contributed by atoms with E-state index in [1.807, 2.05) is 42.5 Å². The standard InChI is InChI=1S/C21H25N3OS/c1-24(20-7-3-2-4-8-20)14-6-5-13-23-21(25)17-26-16-19-11-9-18(15-22)10-12-19/h2-4,7-12H,5-6,13-14,16-17H2,1H3,(H,23,25). The van der Waals surface area contributed by atoms with Crippen LogP contribution in [0.15, 0.2) is 54.6 Å². The fourth-order valence-electron chi connectivity index (χ4n) is 2.50. The van der Waals surface area contributed by atoms with E-state index in [1.54, 1.807) is 11.8 Å². The Balaban J connectivity index is 1.53. The molecule has 0 unspecified atom stereocenters. The lowest BCUT2D eigenvalue weighted by Crippen LogP contribution is -2.27. The van der Waals surface area contributed by atoms with Crippen LogP contribution in [-0.2, 0) is 10.5 Å². The summed E-state index contributed by atoms with van der Waals surface area (Å²) in [7, 11) is 2.09. The summed E-state index contributed by atoms with van der Waals surface area (Å²) in [5, 5.41) is 11.8. The second-order valence-electron chi connectivity index (χ2n) is 6.12. The van der Waals surface area contributed by atoms with Gasteiger partial charge in [-0.1, -0.05) is 30.3 Å². The quantitative estimate of drug-likeness (QED) is 0.649. The highest BCUT2D eigenvalue weighted by atomic mass is 32.2. The molecule has 0 radical (unpaired) electrons. The molecule has 0 aliphatic heterocycles. The maximum atomic E-state index is 11.9. The third-order valence-corrected chi connectivity index (χ3v) is 5.03. The van der Waals surface area contributed by atoms with Crippen LogP contribution in [0.1, 0.15) is 24.0 Å². The van der Waals surface area contributed by atoms with Crippen molar-refractivity contribution in [2.24, 2.45) is 0 Å². The van der Waals surface area contributed by atoms with E-state index in [1.165, 1.54) is 5.69 Å². The van der Waals surface area contributed by atoms with E-state index in [9.17, 15) is 4.79 Å². The highest BCUT2D eigenvalue weighted by Gasteiger charge is 2.03. The van der Waals surface area contributed by atoms with Crippen LogP contribution in [0, 0.1) is 11.3 Å². The van der Waals surface area contributed by atoms with Gasteiger partial charge < -0.3 is 10.2 Å². The van der Waals surface area contributed by atoms with Crippen molar-refractivity contribution < 1.29 is 4.79 Å². The highest BCUT2D eigenvalue weighted by Crippen LogP contribution is 2.13. The molecule has 0 atom stereocenters. The van der Waals surface area contributed by atoms with Gasteiger partial charge in [-0.2, -0.15) is 5.26 Å². The summed E-state index contributed by atoms with van der Waals surface area (Å²) in [6.07, 6.45) is 2.02. The molecule has 4 nitrogen and oxygen atoms in total. The Morgan fingerprint density at radius 3 is 2.54 bits per heavy atom. The van der Waals surface area contributed by atoms with Crippen LogP contribution >= 0.6 is 11.8 Å². The zero-order chi connectivity index (χ0) is 18.6. The Labute approximate surface area is 160 Å². The van der Waals surface area contributed by atoms with Gasteiger partial charge in [0.25, 0.3) is 0 Å². The number of para-hydroxylation sites is 1. The van der Waals surface area contributed by atoms with Gasteiger partial charge in [-0.05, 0) is 42.7 Å². The second-order valence-corrected chi connectivity index (χ2v) is 7.10. The lowest BCUT2D eigenvalue weighted by atomic mass is 10.2. The molecule has 2 aromatic carbocycles. The molecule has 0 bridgehead atoms. The minimum atomic E-state index is 0.0834. The Morgan fingerprint density at radius 2 is 1.85 bits per heavy atom.